The lowest BCUT2D eigenvalue weighted by Crippen LogP contribution is -2.19. The SMILES string of the molecule is [N-]=[N+]=Nc1cc2c(c3ccccc13)C(=O)NC2=O. The second kappa shape index (κ2) is 3.58. The molecule has 6 heteroatoms. The quantitative estimate of drug-likeness (QED) is 0.357. The zero-order valence-electron chi connectivity index (χ0n) is 9.04. The summed E-state index contributed by atoms with van der Waals surface area (Å²) in [6, 6.07) is 8.45. The van der Waals surface area contributed by atoms with Crippen molar-refractivity contribution >= 4 is 28.3 Å². The third-order valence-corrected chi connectivity index (χ3v) is 2.87. The molecule has 0 spiro atoms. The van der Waals surface area contributed by atoms with E-state index in [0.29, 0.717) is 22.0 Å². The Kier molecular flexibility index (Phi) is 2.05. The fourth-order valence-electron chi connectivity index (χ4n) is 2.14. The molecule has 3 rings (SSSR count). The molecule has 0 radical (unpaired) electrons. The number of hydrogen-bond donors (Lipinski definition) is 1. The fourth-order valence-corrected chi connectivity index (χ4v) is 2.14. The number of carbonyl (C=O) groups excluding carboxylic acids is 2. The van der Waals surface area contributed by atoms with E-state index >= 15 is 0 Å². The van der Waals surface area contributed by atoms with Crippen molar-refractivity contribution in [3.8, 4) is 0 Å². The molecule has 0 saturated carbocycles. The Morgan fingerprint density at radius 3 is 2.56 bits per heavy atom. The molecule has 86 valence electrons. The van der Waals surface area contributed by atoms with Crippen LogP contribution in [0.4, 0.5) is 5.69 Å². The van der Waals surface area contributed by atoms with Crippen LogP contribution in [0.15, 0.2) is 35.4 Å². The molecule has 2 amide bonds. The van der Waals surface area contributed by atoms with E-state index in [9.17, 15) is 9.59 Å². The van der Waals surface area contributed by atoms with Crippen molar-refractivity contribution < 1.29 is 9.59 Å². The molecule has 0 aromatic heterocycles. The van der Waals surface area contributed by atoms with E-state index in [1.807, 2.05) is 0 Å². The largest absolute Gasteiger partial charge is 0.288 e. The van der Waals surface area contributed by atoms with Gasteiger partial charge >= 0.3 is 0 Å². The van der Waals surface area contributed by atoms with Gasteiger partial charge in [-0.2, -0.15) is 0 Å². The van der Waals surface area contributed by atoms with Gasteiger partial charge in [-0.3, -0.25) is 14.9 Å². The summed E-state index contributed by atoms with van der Waals surface area (Å²) in [6.45, 7) is 0. The molecule has 2 aromatic carbocycles. The van der Waals surface area contributed by atoms with E-state index < -0.39 is 11.8 Å². The zero-order chi connectivity index (χ0) is 12.7. The first kappa shape index (κ1) is 10.3. The van der Waals surface area contributed by atoms with Crippen molar-refractivity contribution in [1.29, 1.82) is 0 Å². The third kappa shape index (κ3) is 1.27. The predicted molar refractivity (Wildman–Crippen MR) is 64.6 cm³/mol. The molecule has 0 aliphatic carbocycles. The first-order chi connectivity index (χ1) is 8.72. The number of carbonyl (C=O) groups is 2. The molecule has 1 aliphatic rings. The van der Waals surface area contributed by atoms with Crippen LogP contribution in [0.5, 0.6) is 0 Å². The lowest BCUT2D eigenvalue weighted by atomic mass is 9.99. The minimum atomic E-state index is -0.463. The van der Waals surface area contributed by atoms with Crippen LogP contribution >= 0.6 is 0 Å². The molecule has 18 heavy (non-hydrogen) atoms. The highest BCUT2D eigenvalue weighted by molar-refractivity contribution is 6.27. The molecule has 2 aromatic rings. The maximum atomic E-state index is 11.7. The van der Waals surface area contributed by atoms with Crippen molar-refractivity contribution in [2.45, 2.75) is 0 Å². The highest BCUT2D eigenvalue weighted by Gasteiger charge is 2.29. The summed E-state index contributed by atoms with van der Waals surface area (Å²) in [5.74, 6) is -0.881. The van der Waals surface area contributed by atoms with E-state index in [1.54, 1.807) is 24.3 Å². The van der Waals surface area contributed by atoms with Crippen LogP contribution in [-0.2, 0) is 0 Å². The van der Waals surface area contributed by atoms with Crippen LogP contribution in [0.1, 0.15) is 20.7 Å². The lowest BCUT2D eigenvalue weighted by Gasteiger charge is -2.05. The molecule has 1 aliphatic heterocycles. The van der Waals surface area contributed by atoms with Crippen molar-refractivity contribution in [3.63, 3.8) is 0 Å². The van der Waals surface area contributed by atoms with Crippen molar-refractivity contribution in [2.24, 2.45) is 5.11 Å². The minimum absolute atomic E-state index is 0.251. The van der Waals surface area contributed by atoms with Gasteiger partial charge in [-0.05, 0) is 22.4 Å². The molecule has 1 heterocycles. The Bertz CT molecular complexity index is 760. The van der Waals surface area contributed by atoms with Crippen molar-refractivity contribution in [2.75, 3.05) is 0 Å². The van der Waals surface area contributed by atoms with Gasteiger partial charge in [0.1, 0.15) is 0 Å². The van der Waals surface area contributed by atoms with Crippen LogP contribution in [-0.4, -0.2) is 11.8 Å². The Morgan fingerprint density at radius 2 is 1.83 bits per heavy atom. The summed E-state index contributed by atoms with van der Waals surface area (Å²) in [6.07, 6.45) is 0. The highest BCUT2D eigenvalue weighted by Crippen LogP contribution is 2.33. The molecule has 0 atom stereocenters. The van der Waals surface area contributed by atoms with E-state index in [0.717, 1.165) is 0 Å². The maximum absolute atomic E-state index is 11.7. The molecule has 1 N–H and O–H groups in total. The number of azide groups is 1. The number of imide groups is 1. The summed E-state index contributed by atoms with van der Waals surface area (Å²) in [4.78, 5) is 26.1. The molecular weight excluding hydrogens is 232 g/mol. The Morgan fingerprint density at radius 1 is 1.11 bits per heavy atom. The third-order valence-electron chi connectivity index (χ3n) is 2.87. The zero-order valence-corrected chi connectivity index (χ0v) is 9.04. The average Bonchev–Trinajstić information content (AvgIpc) is 2.65. The molecule has 6 nitrogen and oxygen atoms in total. The summed E-state index contributed by atoms with van der Waals surface area (Å²) in [5, 5.41) is 7.06. The van der Waals surface area contributed by atoms with Crippen LogP contribution in [0.25, 0.3) is 21.2 Å². The number of nitrogens with zero attached hydrogens (tertiary/aromatic N) is 3. The van der Waals surface area contributed by atoms with Gasteiger partial charge < -0.3 is 0 Å². The average molecular weight is 238 g/mol. The smallest absolute Gasteiger partial charge is 0.259 e. The van der Waals surface area contributed by atoms with Crippen LogP contribution in [0.2, 0.25) is 0 Å². The first-order valence-electron chi connectivity index (χ1n) is 5.19. The summed E-state index contributed by atoms with van der Waals surface area (Å²) in [5.41, 5.74) is 9.47. The van der Waals surface area contributed by atoms with Crippen LogP contribution in [0, 0.1) is 0 Å². The Labute approximate surface area is 101 Å². The minimum Gasteiger partial charge on any atom is -0.288 e. The molecule has 0 bridgehead atoms. The number of benzene rings is 2. The summed E-state index contributed by atoms with van der Waals surface area (Å²) in [7, 11) is 0. The van der Waals surface area contributed by atoms with Gasteiger partial charge in [0.2, 0.25) is 0 Å². The van der Waals surface area contributed by atoms with Gasteiger partial charge in [-0.1, -0.05) is 29.4 Å². The van der Waals surface area contributed by atoms with E-state index in [2.05, 4.69) is 15.3 Å². The normalized spacial score (nSPS) is 13.1. The topological polar surface area (TPSA) is 94.9 Å². The van der Waals surface area contributed by atoms with Crippen molar-refractivity contribution in [1.82, 2.24) is 5.32 Å². The molecular formula is C12H6N4O2. The number of nitrogens with one attached hydrogen (secondary N) is 1. The lowest BCUT2D eigenvalue weighted by molar-refractivity contribution is 0.0880. The van der Waals surface area contributed by atoms with E-state index in [-0.39, 0.29) is 5.56 Å². The molecule has 0 saturated heterocycles. The van der Waals surface area contributed by atoms with Crippen LogP contribution in [0.3, 0.4) is 0 Å². The number of hydrogen-bond acceptors (Lipinski definition) is 3. The predicted octanol–water partition coefficient (Wildman–Crippen LogP) is 2.67. The second-order valence-corrected chi connectivity index (χ2v) is 3.84. The van der Waals surface area contributed by atoms with Gasteiger partial charge in [-0.15, -0.1) is 0 Å². The summed E-state index contributed by atoms with van der Waals surface area (Å²) >= 11 is 0. The first-order valence-corrected chi connectivity index (χ1v) is 5.19. The maximum Gasteiger partial charge on any atom is 0.259 e. The monoisotopic (exact) mass is 238 g/mol. The molecule has 0 unspecified atom stereocenters. The van der Waals surface area contributed by atoms with Crippen molar-refractivity contribution in [3.05, 3.63) is 51.9 Å². The Balaban J connectivity index is 2.52. The van der Waals surface area contributed by atoms with Gasteiger partial charge in [0.05, 0.1) is 11.1 Å². The summed E-state index contributed by atoms with van der Waals surface area (Å²) < 4.78 is 0. The van der Waals surface area contributed by atoms with Gasteiger partial charge in [0, 0.05) is 10.6 Å². The second-order valence-electron chi connectivity index (χ2n) is 3.84. The van der Waals surface area contributed by atoms with Gasteiger partial charge in [0.15, 0.2) is 0 Å². The number of fused-ring (bicyclic) bond motifs is 3. The standard InChI is InChI=1S/C12H6N4O2/c13-16-15-9-5-8-10(12(18)14-11(8)17)7-4-2-1-3-6(7)9/h1-5H,(H,14,17,18). The number of amides is 2. The molecule has 0 fully saturated rings. The van der Waals surface area contributed by atoms with E-state index in [1.165, 1.54) is 6.07 Å². The van der Waals surface area contributed by atoms with Crippen LogP contribution < -0.4 is 5.32 Å². The highest BCUT2D eigenvalue weighted by atomic mass is 16.2. The Hall–Kier alpha value is -2.85. The van der Waals surface area contributed by atoms with E-state index in [4.69, 9.17) is 5.53 Å². The van der Waals surface area contributed by atoms with Gasteiger partial charge in [-0.25, -0.2) is 0 Å². The van der Waals surface area contributed by atoms with Gasteiger partial charge in [0.25, 0.3) is 11.8 Å². The fraction of sp³-hybridized carbons (Fsp3) is 0. The number of rotatable bonds is 1.